The standard InChI is InChI=1S/C17H16FNO3/c1-17(16(21)22,12-5-3-2-4-6-12)11-15(20)19-14-9-7-13(18)8-10-14/h2-10H,11H2,1H3,(H,19,20)(H,21,22)/t17-/m0/s1. The molecule has 2 aromatic rings. The largest absolute Gasteiger partial charge is 0.481 e. The van der Waals surface area contributed by atoms with E-state index in [1.165, 1.54) is 31.2 Å². The van der Waals surface area contributed by atoms with Crippen LogP contribution in [0, 0.1) is 5.82 Å². The van der Waals surface area contributed by atoms with Crippen molar-refractivity contribution in [1.29, 1.82) is 0 Å². The van der Waals surface area contributed by atoms with Crippen molar-refractivity contribution < 1.29 is 19.1 Å². The first-order valence-corrected chi connectivity index (χ1v) is 6.76. The van der Waals surface area contributed by atoms with E-state index in [9.17, 15) is 19.1 Å². The zero-order chi connectivity index (χ0) is 16.2. The summed E-state index contributed by atoms with van der Waals surface area (Å²) >= 11 is 0. The van der Waals surface area contributed by atoms with Gasteiger partial charge in [0, 0.05) is 12.1 Å². The van der Waals surface area contributed by atoms with Crippen molar-refractivity contribution in [2.75, 3.05) is 5.32 Å². The number of nitrogens with one attached hydrogen (secondary N) is 1. The first kappa shape index (κ1) is 15.7. The summed E-state index contributed by atoms with van der Waals surface area (Å²) in [6.45, 7) is 1.51. The van der Waals surface area contributed by atoms with Crippen LogP contribution in [0.5, 0.6) is 0 Å². The van der Waals surface area contributed by atoms with Gasteiger partial charge in [-0.1, -0.05) is 30.3 Å². The number of hydrogen-bond donors (Lipinski definition) is 2. The highest BCUT2D eigenvalue weighted by Crippen LogP contribution is 2.28. The highest BCUT2D eigenvalue weighted by Gasteiger charge is 2.37. The summed E-state index contributed by atoms with van der Waals surface area (Å²) in [5.41, 5.74) is -0.352. The molecule has 0 fully saturated rings. The van der Waals surface area contributed by atoms with Crippen molar-refractivity contribution in [3.8, 4) is 0 Å². The van der Waals surface area contributed by atoms with E-state index in [-0.39, 0.29) is 6.42 Å². The molecule has 0 aromatic heterocycles. The molecule has 0 bridgehead atoms. The summed E-state index contributed by atoms with van der Waals surface area (Å²) in [4.78, 5) is 23.7. The summed E-state index contributed by atoms with van der Waals surface area (Å²) in [5, 5.41) is 12.1. The van der Waals surface area contributed by atoms with Gasteiger partial charge in [-0.25, -0.2) is 4.39 Å². The number of carboxylic acid groups (broad SMARTS) is 1. The maximum atomic E-state index is 12.8. The van der Waals surface area contributed by atoms with Gasteiger partial charge in [0.1, 0.15) is 5.82 Å². The third-order valence-electron chi connectivity index (χ3n) is 3.53. The lowest BCUT2D eigenvalue weighted by atomic mass is 9.79. The Labute approximate surface area is 127 Å². The molecular formula is C17H16FNO3. The summed E-state index contributed by atoms with van der Waals surface area (Å²) in [7, 11) is 0. The fourth-order valence-electron chi connectivity index (χ4n) is 2.17. The van der Waals surface area contributed by atoms with Crippen molar-refractivity contribution >= 4 is 17.6 Å². The molecule has 0 aliphatic rings. The Morgan fingerprint density at radius 2 is 1.68 bits per heavy atom. The van der Waals surface area contributed by atoms with Gasteiger partial charge in [0.15, 0.2) is 0 Å². The third kappa shape index (κ3) is 3.49. The lowest BCUT2D eigenvalue weighted by molar-refractivity contribution is -0.145. The molecule has 22 heavy (non-hydrogen) atoms. The van der Waals surface area contributed by atoms with Crippen LogP contribution >= 0.6 is 0 Å². The number of halogens is 1. The molecule has 0 aliphatic heterocycles. The Morgan fingerprint density at radius 3 is 2.23 bits per heavy atom. The van der Waals surface area contributed by atoms with Crippen LogP contribution in [0.3, 0.4) is 0 Å². The second-order valence-corrected chi connectivity index (χ2v) is 5.24. The number of carbonyl (C=O) groups is 2. The number of rotatable bonds is 5. The van der Waals surface area contributed by atoms with Crippen LogP contribution in [0.25, 0.3) is 0 Å². The van der Waals surface area contributed by atoms with E-state index in [1.807, 2.05) is 0 Å². The highest BCUT2D eigenvalue weighted by atomic mass is 19.1. The SMILES string of the molecule is C[C@@](CC(=O)Nc1ccc(F)cc1)(C(=O)O)c1ccccc1. The molecule has 0 unspecified atom stereocenters. The molecule has 2 aromatic carbocycles. The summed E-state index contributed by atoms with van der Waals surface area (Å²) in [5.74, 6) is -1.93. The zero-order valence-corrected chi connectivity index (χ0v) is 12.0. The predicted octanol–water partition coefficient (Wildman–Crippen LogP) is 3.20. The number of carbonyl (C=O) groups excluding carboxylic acids is 1. The van der Waals surface area contributed by atoms with Crippen LogP contribution in [-0.2, 0) is 15.0 Å². The number of aliphatic carboxylic acids is 1. The maximum Gasteiger partial charge on any atom is 0.314 e. The molecular weight excluding hydrogens is 285 g/mol. The number of amides is 1. The van der Waals surface area contributed by atoms with Gasteiger partial charge in [0.25, 0.3) is 0 Å². The second kappa shape index (κ2) is 6.39. The quantitative estimate of drug-likeness (QED) is 0.891. The fourth-order valence-corrected chi connectivity index (χ4v) is 2.17. The average Bonchev–Trinajstić information content (AvgIpc) is 2.50. The molecule has 0 heterocycles. The maximum absolute atomic E-state index is 12.8. The first-order chi connectivity index (χ1) is 10.4. The molecule has 5 heteroatoms. The van der Waals surface area contributed by atoms with Crippen LogP contribution in [0.1, 0.15) is 18.9 Å². The summed E-state index contributed by atoms with van der Waals surface area (Å²) in [6.07, 6.45) is -0.219. The van der Waals surface area contributed by atoms with E-state index in [0.717, 1.165) is 0 Å². The Balaban J connectivity index is 2.16. The molecule has 0 aliphatic carbocycles. The van der Waals surface area contributed by atoms with E-state index >= 15 is 0 Å². The number of carboxylic acids is 1. The van der Waals surface area contributed by atoms with Crippen molar-refractivity contribution in [2.24, 2.45) is 0 Å². The van der Waals surface area contributed by atoms with Gasteiger partial charge in [-0.15, -0.1) is 0 Å². The molecule has 1 atom stereocenters. The molecule has 0 saturated carbocycles. The second-order valence-electron chi connectivity index (χ2n) is 5.24. The Kier molecular flexibility index (Phi) is 4.56. The minimum absolute atomic E-state index is 0.219. The van der Waals surface area contributed by atoms with Gasteiger partial charge in [-0.05, 0) is 36.8 Å². The summed E-state index contributed by atoms with van der Waals surface area (Å²) in [6, 6.07) is 13.9. The molecule has 2 rings (SSSR count). The van der Waals surface area contributed by atoms with Gasteiger partial charge in [0.05, 0.1) is 5.41 Å². The van der Waals surface area contributed by atoms with Crippen molar-refractivity contribution in [1.82, 2.24) is 0 Å². The Morgan fingerprint density at radius 1 is 1.09 bits per heavy atom. The molecule has 2 N–H and O–H groups in total. The molecule has 0 radical (unpaired) electrons. The minimum Gasteiger partial charge on any atom is -0.481 e. The van der Waals surface area contributed by atoms with Crippen molar-refractivity contribution in [2.45, 2.75) is 18.8 Å². The topological polar surface area (TPSA) is 66.4 Å². The number of anilines is 1. The number of benzene rings is 2. The lowest BCUT2D eigenvalue weighted by Gasteiger charge is -2.24. The van der Waals surface area contributed by atoms with Gasteiger partial charge >= 0.3 is 5.97 Å². The monoisotopic (exact) mass is 301 g/mol. The van der Waals surface area contributed by atoms with E-state index in [2.05, 4.69) is 5.32 Å². The van der Waals surface area contributed by atoms with Gasteiger partial charge < -0.3 is 10.4 Å². The average molecular weight is 301 g/mol. The van der Waals surface area contributed by atoms with Crippen LogP contribution < -0.4 is 5.32 Å². The van der Waals surface area contributed by atoms with E-state index in [1.54, 1.807) is 30.3 Å². The Bertz CT molecular complexity index is 670. The predicted molar refractivity (Wildman–Crippen MR) is 81.1 cm³/mol. The van der Waals surface area contributed by atoms with E-state index in [0.29, 0.717) is 11.3 Å². The first-order valence-electron chi connectivity index (χ1n) is 6.76. The van der Waals surface area contributed by atoms with E-state index in [4.69, 9.17) is 0 Å². The van der Waals surface area contributed by atoms with Crippen molar-refractivity contribution in [3.05, 3.63) is 66.0 Å². The minimum atomic E-state index is -1.33. The highest BCUT2D eigenvalue weighted by molar-refractivity contribution is 5.96. The summed E-state index contributed by atoms with van der Waals surface area (Å²) < 4.78 is 12.8. The van der Waals surface area contributed by atoms with Crippen molar-refractivity contribution in [3.63, 3.8) is 0 Å². The molecule has 4 nitrogen and oxygen atoms in total. The van der Waals surface area contributed by atoms with Crippen LogP contribution in [0.15, 0.2) is 54.6 Å². The number of hydrogen-bond acceptors (Lipinski definition) is 2. The van der Waals surface area contributed by atoms with Crippen LogP contribution in [-0.4, -0.2) is 17.0 Å². The zero-order valence-electron chi connectivity index (χ0n) is 12.0. The Hall–Kier alpha value is -2.69. The van der Waals surface area contributed by atoms with E-state index < -0.39 is 23.1 Å². The molecule has 1 amide bonds. The smallest absolute Gasteiger partial charge is 0.314 e. The normalized spacial score (nSPS) is 13.2. The fraction of sp³-hybridized carbons (Fsp3) is 0.176. The van der Waals surface area contributed by atoms with Gasteiger partial charge in [-0.2, -0.15) is 0 Å². The third-order valence-corrected chi connectivity index (χ3v) is 3.53. The lowest BCUT2D eigenvalue weighted by Crippen LogP contribution is -2.36. The molecule has 0 saturated heterocycles. The van der Waals surface area contributed by atoms with Crippen LogP contribution in [0.4, 0.5) is 10.1 Å². The van der Waals surface area contributed by atoms with Crippen LogP contribution in [0.2, 0.25) is 0 Å². The molecule has 0 spiro atoms. The molecule has 114 valence electrons. The van der Waals surface area contributed by atoms with Gasteiger partial charge in [-0.3, -0.25) is 9.59 Å². The van der Waals surface area contributed by atoms with Gasteiger partial charge in [0.2, 0.25) is 5.91 Å².